The topological polar surface area (TPSA) is 123 Å². The maximum Gasteiger partial charge on any atom is 0.248 e. The molecule has 1 aromatic carbocycles. The molecule has 1 fully saturated rings. The van der Waals surface area contributed by atoms with E-state index in [-0.39, 0.29) is 11.9 Å². The Hall–Kier alpha value is -4.12. The van der Waals surface area contributed by atoms with Crippen molar-refractivity contribution >= 4 is 23.2 Å². The molecule has 174 valence electrons. The van der Waals surface area contributed by atoms with Crippen LogP contribution in [0.5, 0.6) is 0 Å². The average molecular weight is 484 g/mol. The SMILES string of the molecule is N#Cc1ccccc1Sc1cc(-c2cnn([C@H]3CCCN(C(=O)CO)C3)c2)cn2ncc(C#N)c12. The van der Waals surface area contributed by atoms with Crippen LogP contribution in [0.25, 0.3) is 16.6 Å². The summed E-state index contributed by atoms with van der Waals surface area (Å²) in [6, 6.07) is 13.8. The quantitative estimate of drug-likeness (QED) is 0.462. The first kappa shape index (κ1) is 22.7. The summed E-state index contributed by atoms with van der Waals surface area (Å²) in [6.07, 6.45) is 8.87. The summed E-state index contributed by atoms with van der Waals surface area (Å²) in [4.78, 5) is 15.2. The fourth-order valence-electron chi connectivity index (χ4n) is 4.35. The fourth-order valence-corrected chi connectivity index (χ4v) is 5.45. The van der Waals surface area contributed by atoms with Crippen molar-refractivity contribution in [3.8, 4) is 23.3 Å². The first-order chi connectivity index (χ1) is 17.1. The van der Waals surface area contributed by atoms with Crippen LogP contribution < -0.4 is 0 Å². The first-order valence-corrected chi connectivity index (χ1v) is 11.9. The number of aliphatic hydroxyl groups excluding tert-OH is 1. The van der Waals surface area contributed by atoms with Crippen LogP contribution in [0.3, 0.4) is 0 Å². The van der Waals surface area contributed by atoms with Gasteiger partial charge >= 0.3 is 0 Å². The second kappa shape index (κ2) is 9.63. The van der Waals surface area contributed by atoms with Gasteiger partial charge in [0.15, 0.2) is 0 Å². The Labute approximate surface area is 205 Å². The van der Waals surface area contributed by atoms with Crippen LogP contribution in [0.1, 0.15) is 30.0 Å². The zero-order valence-corrected chi connectivity index (χ0v) is 19.5. The number of aromatic nitrogens is 4. The summed E-state index contributed by atoms with van der Waals surface area (Å²) in [6.45, 7) is 0.670. The summed E-state index contributed by atoms with van der Waals surface area (Å²) >= 11 is 1.42. The number of nitrogens with zero attached hydrogens (tertiary/aromatic N) is 7. The lowest BCUT2D eigenvalue weighted by atomic mass is 10.1. The van der Waals surface area contributed by atoms with E-state index in [9.17, 15) is 20.4 Å². The van der Waals surface area contributed by atoms with E-state index >= 15 is 0 Å². The Morgan fingerprint density at radius 3 is 2.71 bits per heavy atom. The smallest absolute Gasteiger partial charge is 0.248 e. The molecule has 0 unspecified atom stereocenters. The number of hydrogen-bond acceptors (Lipinski definition) is 7. The van der Waals surface area contributed by atoms with E-state index in [2.05, 4.69) is 22.3 Å². The molecule has 1 aliphatic heterocycles. The number of amides is 1. The van der Waals surface area contributed by atoms with Crippen molar-refractivity contribution in [1.82, 2.24) is 24.3 Å². The van der Waals surface area contributed by atoms with Crippen molar-refractivity contribution in [1.29, 1.82) is 10.5 Å². The second-order valence-corrected chi connectivity index (χ2v) is 9.35. The number of benzene rings is 1. The van der Waals surface area contributed by atoms with Gasteiger partial charge in [0.05, 0.1) is 35.1 Å². The van der Waals surface area contributed by atoms with Crippen molar-refractivity contribution in [2.24, 2.45) is 0 Å². The molecule has 0 bridgehead atoms. The number of aliphatic hydroxyl groups is 1. The van der Waals surface area contributed by atoms with Gasteiger partial charge in [-0.15, -0.1) is 0 Å². The molecule has 0 saturated carbocycles. The molecule has 10 heteroatoms. The summed E-state index contributed by atoms with van der Waals surface area (Å²) < 4.78 is 3.56. The predicted molar refractivity (Wildman–Crippen MR) is 128 cm³/mol. The first-order valence-electron chi connectivity index (χ1n) is 11.1. The second-order valence-electron chi connectivity index (χ2n) is 8.27. The summed E-state index contributed by atoms with van der Waals surface area (Å²) in [5.74, 6) is -0.265. The average Bonchev–Trinajstić information content (AvgIpc) is 3.56. The van der Waals surface area contributed by atoms with Gasteiger partial charge in [0.1, 0.15) is 18.7 Å². The van der Waals surface area contributed by atoms with E-state index in [0.717, 1.165) is 33.8 Å². The Balaban J connectivity index is 1.51. The maximum absolute atomic E-state index is 11.9. The van der Waals surface area contributed by atoms with Gasteiger partial charge in [-0.3, -0.25) is 9.48 Å². The van der Waals surface area contributed by atoms with Gasteiger partial charge in [0, 0.05) is 46.4 Å². The molecule has 3 aromatic heterocycles. The third-order valence-electron chi connectivity index (χ3n) is 6.12. The molecule has 4 aromatic rings. The molecule has 1 N–H and O–H groups in total. The van der Waals surface area contributed by atoms with E-state index in [0.29, 0.717) is 29.7 Å². The molecule has 0 spiro atoms. The summed E-state index contributed by atoms with van der Waals surface area (Å²) in [7, 11) is 0. The van der Waals surface area contributed by atoms with Gasteiger partial charge in [-0.05, 0) is 31.0 Å². The van der Waals surface area contributed by atoms with Crippen molar-refractivity contribution in [2.75, 3.05) is 19.7 Å². The molecule has 5 rings (SSSR count). The normalized spacial score (nSPS) is 15.6. The van der Waals surface area contributed by atoms with Crippen molar-refractivity contribution < 1.29 is 9.90 Å². The fraction of sp³-hybridized carbons (Fsp3) is 0.240. The number of piperidine rings is 1. The van der Waals surface area contributed by atoms with E-state index < -0.39 is 6.61 Å². The van der Waals surface area contributed by atoms with Crippen LogP contribution in [0.4, 0.5) is 0 Å². The third kappa shape index (κ3) is 4.37. The third-order valence-corrected chi connectivity index (χ3v) is 7.23. The molecule has 35 heavy (non-hydrogen) atoms. The minimum atomic E-state index is -0.485. The molecule has 1 aliphatic rings. The van der Waals surface area contributed by atoms with Crippen LogP contribution in [0.15, 0.2) is 64.9 Å². The van der Waals surface area contributed by atoms with E-state index in [4.69, 9.17) is 0 Å². The highest BCUT2D eigenvalue weighted by Gasteiger charge is 2.25. The van der Waals surface area contributed by atoms with Gasteiger partial charge in [-0.1, -0.05) is 23.9 Å². The van der Waals surface area contributed by atoms with Crippen LogP contribution in [-0.2, 0) is 4.79 Å². The van der Waals surface area contributed by atoms with Gasteiger partial charge < -0.3 is 10.0 Å². The van der Waals surface area contributed by atoms with Crippen molar-refractivity contribution in [3.63, 3.8) is 0 Å². The molecule has 9 nitrogen and oxygen atoms in total. The minimum absolute atomic E-state index is 0.0305. The molecule has 0 radical (unpaired) electrons. The highest BCUT2D eigenvalue weighted by molar-refractivity contribution is 7.99. The summed E-state index contributed by atoms with van der Waals surface area (Å²) in [5.41, 5.74) is 3.45. The van der Waals surface area contributed by atoms with E-state index in [1.807, 2.05) is 41.3 Å². The molecule has 1 saturated heterocycles. The molecule has 4 heterocycles. The van der Waals surface area contributed by atoms with Gasteiger partial charge in [0.2, 0.25) is 5.91 Å². The zero-order valence-electron chi connectivity index (χ0n) is 18.7. The Morgan fingerprint density at radius 2 is 1.91 bits per heavy atom. The number of nitriles is 2. The number of carbonyl (C=O) groups excluding carboxylic acids is 1. The van der Waals surface area contributed by atoms with Crippen LogP contribution in [0.2, 0.25) is 0 Å². The van der Waals surface area contributed by atoms with Crippen LogP contribution in [0, 0.1) is 22.7 Å². The standard InChI is InChI=1S/C25H21N7O2S/c26-9-17-4-1-2-6-22(17)35-23-8-18(13-32-25(23)19(10-27)11-29-32)20-12-28-31(14-20)21-5-3-7-30(15-21)24(34)16-33/h1-2,4,6,8,11-14,21,33H,3,5,7,15-16H2/t21-/m0/s1. The molecular formula is C25H21N7O2S. The number of likely N-dealkylation sites (tertiary alicyclic amines) is 1. The Morgan fingerprint density at radius 1 is 1.09 bits per heavy atom. The van der Waals surface area contributed by atoms with Crippen LogP contribution in [-0.4, -0.2) is 55.0 Å². The molecule has 0 aliphatic carbocycles. The molecule has 1 amide bonds. The Bertz CT molecular complexity index is 1490. The van der Waals surface area contributed by atoms with Gasteiger partial charge in [-0.2, -0.15) is 20.7 Å². The lowest BCUT2D eigenvalue weighted by molar-refractivity contribution is -0.135. The molecule has 1 atom stereocenters. The number of fused-ring (bicyclic) bond motifs is 1. The lowest BCUT2D eigenvalue weighted by Gasteiger charge is -2.32. The maximum atomic E-state index is 11.9. The number of pyridine rings is 1. The Kier molecular flexibility index (Phi) is 6.23. The van der Waals surface area contributed by atoms with Gasteiger partial charge in [-0.25, -0.2) is 4.52 Å². The molecular weight excluding hydrogens is 462 g/mol. The highest BCUT2D eigenvalue weighted by atomic mass is 32.2. The van der Waals surface area contributed by atoms with Gasteiger partial charge in [0.25, 0.3) is 0 Å². The minimum Gasteiger partial charge on any atom is -0.387 e. The van der Waals surface area contributed by atoms with E-state index in [1.54, 1.807) is 21.7 Å². The number of hydrogen-bond donors (Lipinski definition) is 1. The summed E-state index contributed by atoms with van der Waals surface area (Å²) in [5, 5.41) is 37.3. The monoisotopic (exact) mass is 483 g/mol. The van der Waals surface area contributed by atoms with Crippen molar-refractivity contribution in [3.05, 3.63) is 66.2 Å². The van der Waals surface area contributed by atoms with Crippen LogP contribution >= 0.6 is 11.8 Å². The lowest BCUT2D eigenvalue weighted by Crippen LogP contribution is -2.42. The largest absolute Gasteiger partial charge is 0.387 e. The van der Waals surface area contributed by atoms with E-state index in [1.165, 1.54) is 18.0 Å². The number of carbonyl (C=O) groups is 1. The predicted octanol–water partition coefficient (Wildman–Crippen LogP) is 3.25. The highest BCUT2D eigenvalue weighted by Crippen LogP contribution is 2.37. The van der Waals surface area contributed by atoms with Crippen molar-refractivity contribution in [2.45, 2.75) is 28.7 Å². The number of rotatable bonds is 5. The zero-order chi connectivity index (χ0) is 24.4.